The number of nitrogens with zero attached hydrogens (tertiary/aromatic N) is 5. The number of halogens is 3. The lowest BCUT2D eigenvalue weighted by Gasteiger charge is -2.17. The number of amides is 1. The van der Waals surface area contributed by atoms with Crippen molar-refractivity contribution in [2.75, 3.05) is 10.2 Å². The van der Waals surface area contributed by atoms with E-state index >= 15 is 0 Å². The van der Waals surface area contributed by atoms with E-state index in [9.17, 15) is 18.0 Å². The molecule has 0 bridgehead atoms. The molecule has 4 heterocycles. The first-order chi connectivity index (χ1) is 17.8. The molecule has 0 aliphatic carbocycles. The van der Waals surface area contributed by atoms with Crippen LogP contribution in [0.3, 0.4) is 0 Å². The maximum Gasteiger partial charge on any atom is 0.573 e. The molecule has 0 spiro atoms. The number of rotatable bonds is 5. The first kappa shape index (κ1) is 22.6. The van der Waals surface area contributed by atoms with Gasteiger partial charge in [-0.05, 0) is 23.3 Å². The fourth-order valence-corrected chi connectivity index (χ4v) is 4.29. The fraction of sp³-hybridized carbons (Fsp3) is 0.120. The summed E-state index contributed by atoms with van der Waals surface area (Å²) in [5.41, 5.74) is 4.47. The van der Waals surface area contributed by atoms with E-state index in [2.05, 4.69) is 42.4 Å². The highest BCUT2D eigenvalue weighted by Crippen LogP contribution is 2.31. The standard InChI is InChI=1S/C25H18F3N7O2/c26-25(27,28)37-19-7-3-6-18(8-19)31-24(36)20-9-23-32-22(34-13-15-4-1-2-5-16(15)14-34)10-21(35(23)33-20)17-11-29-30-12-17/h1-12H,13-14H2,(H,29,30)(H,31,36). The lowest BCUT2D eigenvalue weighted by atomic mass is 10.1. The largest absolute Gasteiger partial charge is 0.573 e. The van der Waals surface area contributed by atoms with E-state index in [1.165, 1.54) is 33.8 Å². The van der Waals surface area contributed by atoms with Crippen LogP contribution in [-0.2, 0) is 13.1 Å². The van der Waals surface area contributed by atoms with Crippen molar-refractivity contribution >= 4 is 23.1 Å². The number of carbonyl (C=O) groups is 1. The highest BCUT2D eigenvalue weighted by molar-refractivity contribution is 6.03. The van der Waals surface area contributed by atoms with E-state index in [-0.39, 0.29) is 11.4 Å². The number of hydrogen-bond acceptors (Lipinski definition) is 6. The van der Waals surface area contributed by atoms with Crippen molar-refractivity contribution in [2.24, 2.45) is 0 Å². The molecule has 0 saturated carbocycles. The molecule has 1 amide bonds. The third kappa shape index (κ3) is 4.56. The number of fused-ring (bicyclic) bond motifs is 2. The molecule has 9 nitrogen and oxygen atoms in total. The average molecular weight is 505 g/mol. The molecule has 0 saturated heterocycles. The van der Waals surface area contributed by atoms with Gasteiger partial charge in [-0.2, -0.15) is 10.2 Å². The van der Waals surface area contributed by atoms with Crippen LogP contribution in [0.5, 0.6) is 5.75 Å². The van der Waals surface area contributed by atoms with E-state index in [1.807, 2.05) is 18.2 Å². The summed E-state index contributed by atoms with van der Waals surface area (Å²) in [6, 6.07) is 16.6. The van der Waals surface area contributed by atoms with Crippen molar-refractivity contribution in [1.82, 2.24) is 24.8 Å². The van der Waals surface area contributed by atoms with Crippen LogP contribution < -0.4 is 15.0 Å². The Labute approximate surface area is 207 Å². The molecule has 0 fully saturated rings. The number of H-pyrrole nitrogens is 1. The zero-order valence-corrected chi connectivity index (χ0v) is 19.0. The van der Waals surface area contributed by atoms with Crippen LogP contribution in [0.2, 0.25) is 0 Å². The maximum absolute atomic E-state index is 13.0. The zero-order valence-electron chi connectivity index (χ0n) is 19.0. The summed E-state index contributed by atoms with van der Waals surface area (Å²) in [6.07, 6.45) is -1.48. The molecule has 0 atom stereocenters. The van der Waals surface area contributed by atoms with E-state index in [0.717, 1.165) is 17.7 Å². The number of ether oxygens (including phenoxy) is 1. The lowest BCUT2D eigenvalue weighted by Crippen LogP contribution is -2.17. The van der Waals surface area contributed by atoms with Gasteiger partial charge in [-0.15, -0.1) is 13.2 Å². The summed E-state index contributed by atoms with van der Waals surface area (Å²) in [4.78, 5) is 19.8. The van der Waals surface area contributed by atoms with Crippen LogP contribution in [0.1, 0.15) is 21.6 Å². The summed E-state index contributed by atoms with van der Waals surface area (Å²) in [7, 11) is 0. The van der Waals surface area contributed by atoms with E-state index < -0.39 is 18.0 Å². The Hall–Kier alpha value is -4.87. The molecule has 12 heteroatoms. The number of aromatic amines is 1. The Kier molecular flexibility index (Phi) is 5.29. The van der Waals surface area contributed by atoms with Gasteiger partial charge < -0.3 is 15.0 Å². The minimum absolute atomic E-state index is 0.0428. The van der Waals surface area contributed by atoms with Crippen molar-refractivity contribution in [3.63, 3.8) is 0 Å². The van der Waals surface area contributed by atoms with Gasteiger partial charge in [0.1, 0.15) is 11.6 Å². The lowest BCUT2D eigenvalue weighted by molar-refractivity contribution is -0.274. The number of aromatic nitrogens is 5. The molecule has 37 heavy (non-hydrogen) atoms. The molecule has 1 aliphatic rings. The summed E-state index contributed by atoms with van der Waals surface area (Å²) in [5, 5.41) is 13.8. The summed E-state index contributed by atoms with van der Waals surface area (Å²) < 4.78 is 43.1. The number of hydrogen-bond donors (Lipinski definition) is 2. The maximum atomic E-state index is 13.0. The molecule has 1 aliphatic heterocycles. The third-order valence-electron chi connectivity index (χ3n) is 5.93. The molecular weight excluding hydrogens is 487 g/mol. The second kappa shape index (κ2) is 8.66. The van der Waals surface area contributed by atoms with Crippen LogP contribution >= 0.6 is 0 Å². The van der Waals surface area contributed by atoms with E-state index in [0.29, 0.717) is 30.2 Å². The van der Waals surface area contributed by atoms with Gasteiger partial charge in [0.15, 0.2) is 11.3 Å². The van der Waals surface area contributed by atoms with Gasteiger partial charge in [-0.25, -0.2) is 9.50 Å². The normalized spacial score (nSPS) is 13.1. The van der Waals surface area contributed by atoms with Crippen LogP contribution in [-0.4, -0.2) is 37.1 Å². The number of carbonyl (C=O) groups excluding carboxylic acids is 1. The van der Waals surface area contributed by atoms with Crippen molar-refractivity contribution in [3.8, 4) is 17.0 Å². The predicted octanol–water partition coefficient (Wildman–Crippen LogP) is 4.79. The highest BCUT2D eigenvalue weighted by Gasteiger charge is 2.31. The Balaban J connectivity index is 1.33. The molecule has 5 aromatic rings. The Morgan fingerprint density at radius 2 is 1.81 bits per heavy atom. The quantitative estimate of drug-likeness (QED) is 0.356. The van der Waals surface area contributed by atoms with Crippen molar-refractivity contribution in [1.29, 1.82) is 0 Å². The molecule has 2 aromatic carbocycles. The van der Waals surface area contributed by atoms with Crippen molar-refractivity contribution < 1.29 is 22.7 Å². The van der Waals surface area contributed by atoms with Gasteiger partial charge in [0.05, 0.1) is 11.9 Å². The molecule has 3 aromatic heterocycles. The first-order valence-corrected chi connectivity index (χ1v) is 11.2. The molecular formula is C25H18F3N7O2. The third-order valence-corrected chi connectivity index (χ3v) is 5.93. The zero-order chi connectivity index (χ0) is 25.6. The fourth-order valence-electron chi connectivity index (χ4n) is 4.29. The molecule has 2 N–H and O–H groups in total. The van der Waals surface area contributed by atoms with Gasteiger partial charge >= 0.3 is 6.36 Å². The van der Waals surface area contributed by atoms with Gasteiger partial charge in [0.25, 0.3) is 5.91 Å². The summed E-state index contributed by atoms with van der Waals surface area (Å²) in [6.45, 7) is 1.39. The van der Waals surface area contributed by atoms with Crippen molar-refractivity contribution in [2.45, 2.75) is 19.5 Å². The second-order valence-electron chi connectivity index (χ2n) is 8.44. The Bertz CT molecular complexity index is 1590. The average Bonchev–Trinajstić information content (AvgIpc) is 3.62. The number of anilines is 2. The molecule has 186 valence electrons. The highest BCUT2D eigenvalue weighted by atomic mass is 19.4. The minimum atomic E-state index is -4.84. The van der Waals surface area contributed by atoms with Gasteiger partial charge in [0.2, 0.25) is 0 Å². The smallest absolute Gasteiger partial charge is 0.406 e. The molecule has 0 radical (unpaired) electrons. The second-order valence-corrected chi connectivity index (χ2v) is 8.44. The SMILES string of the molecule is O=C(Nc1cccc(OC(F)(F)F)c1)c1cc2nc(N3Cc4ccccc4C3)cc(-c3cn[nH]c3)n2n1. The minimum Gasteiger partial charge on any atom is -0.406 e. The Morgan fingerprint density at radius 1 is 1.03 bits per heavy atom. The van der Waals surface area contributed by atoms with Gasteiger partial charge in [0, 0.05) is 48.7 Å². The predicted molar refractivity (Wildman–Crippen MR) is 128 cm³/mol. The Morgan fingerprint density at radius 3 is 2.51 bits per heavy atom. The van der Waals surface area contributed by atoms with Crippen LogP contribution in [0.25, 0.3) is 16.9 Å². The first-order valence-electron chi connectivity index (χ1n) is 11.2. The van der Waals surface area contributed by atoms with Crippen molar-refractivity contribution in [3.05, 3.63) is 89.9 Å². The monoisotopic (exact) mass is 505 g/mol. The number of alkyl halides is 3. The molecule has 6 rings (SSSR count). The van der Waals surface area contributed by atoms with E-state index in [4.69, 9.17) is 4.98 Å². The van der Waals surface area contributed by atoms with Crippen LogP contribution in [0.15, 0.2) is 73.1 Å². The summed E-state index contributed by atoms with van der Waals surface area (Å²) in [5.74, 6) is -0.341. The summed E-state index contributed by atoms with van der Waals surface area (Å²) >= 11 is 0. The van der Waals surface area contributed by atoms with Crippen LogP contribution in [0.4, 0.5) is 24.7 Å². The number of benzene rings is 2. The van der Waals surface area contributed by atoms with Gasteiger partial charge in [-0.3, -0.25) is 9.89 Å². The van der Waals surface area contributed by atoms with Crippen LogP contribution in [0, 0.1) is 0 Å². The molecule has 0 unspecified atom stereocenters. The number of nitrogens with one attached hydrogen (secondary N) is 2. The van der Waals surface area contributed by atoms with Gasteiger partial charge in [-0.1, -0.05) is 30.3 Å². The van der Waals surface area contributed by atoms with E-state index in [1.54, 1.807) is 12.4 Å². The topological polar surface area (TPSA) is 100 Å².